The van der Waals surface area contributed by atoms with Gasteiger partial charge in [0, 0.05) is 24.1 Å². The van der Waals surface area contributed by atoms with E-state index in [4.69, 9.17) is 21.5 Å². The van der Waals surface area contributed by atoms with Crippen LogP contribution in [-0.4, -0.2) is 41.8 Å². The molecule has 0 aliphatic carbocycles. The lowest BCUT2D eigenvalue weighted by Crippen LogP contribution is -2.32. The first-order valence-corrected chi connectivity index (χ1v) is 11.6. The number of halogens is 1. The highest BCUT2D eigenvalue weighted by Crippen LogP contribution is 2.30. The van der Waals surface area contributed by atoms with Crippen LogP contribution >= 0.6 is 11.6 Å². The number of hydroxylamine groups is 1. The van der Waals surface area contributed by atoms with E-state index in [2.05, 4.69) is 29.2 Å². The molecule has 0 bridgehead atoms. The van der Waals surface area contributed by atoms with Gasteiger partial charge < -0.3 is 4.74 Å². The van der Waals surface area contributed by atoms with Crippen molar-refractivity contribution < 1.29 is 14.7 Å². The fourth-order valence-corrected chi connectivity index (χ4v) is 4.47. The third-order valence-electron chi connectivity index (χ3n) is 5.97. The van der Waals surface area contributed by atoms with Crippen molar-refractivity contribution in [3.05, 3.63) is 70.2 Å². The van der Waals surface area contributed by atoms with Crippen LogP contribution in [0.25, 0.3) is 0 Å². The minimum absolute atomic E-state index is 0.0255. The smallest absolute Gasteiger partial charge is 0.245 e. The molecule has 6 heteroatoms. The van der Waals surface area contributed by atoms with Gasteiger partial charge >= 0.3 is 0 Å². The molecule has 168 valence electrons. The van der Waals surface area contributed by atoms with Crippen molar-refractivity contribution in [3.8, 4) is 0 Å². The van der Waals surface area contributed by atoms with Crippen LogP contribution in [0.1, 0.15) is 55.2 Å². The lowest BCUT2D eigenvalue weighted by atomic mass is 9.85. The highest BCUT2D eigenvalue weighted by molar-refractivity contribution is 6.30. The molecule has 0 radical (unpaired) electrons. The van der Waals surface area contributed by atoms with Crippen LogP contribution in [0.4, 0.5) is 0 Å². The second-order valence-corrected chi connectivity index (χ2v) is 8.68. The van der Waals surface area contributed by atoms with Crippen molar-refractivity contribution in [2.75, 3.05) is 19.7 Å². The number of ether oxygens (including phenoxy) is 1. The van der Waals surface area contributed by atoms with Gasteiger partial charge in [-0.1, -0.05) is 54.4 Å². The van der Waals surface area contributed by atoms with Crippen LogP contribution in [0.3, 0.4) is 0 Å². The molecule has 2 unspecified atom stereocenters. The number of hydrogen-bond donors (Lipinski definition) is 2. The van der Waals surface area contributed by atoms with Gasteiger partial charge in [0.1, 0.15) is 0 Å². The monoisotopic (exact) mass is 444 g/mol. The van der Waals surface area contributed by atoms with Crippen molar-refractivity contribution in [3.63, 3.8) is 0 Å². The molecular formula is C25H33ClN2O3. The summed E-state index contributed by atoms with van der Waals surface area (Å²) in [5.41, 5.74) is 5.30. The van der Waals surface area contributed by atoms with E-state index in [-0.39, 0.29) is 18.4 Å². The third-order valence-corrected chi connectivity index (χ3v) is 6.22. The molecule has 2 aromatic carbocycles. The van der Waals surface area contributed by atoms with E-state index in [9.17, 15) is 4.79 Å². The number of rotatable bonds is 10. The van der Waals surface area contributed by atoms with Crippen molar-refractivity contribution in [2.45, 2.75) is 57.6 Å². The molecule has 1 aliphatic heterocycles. The average molecular weight is 445 g/mol. The van der Waals surface area contributed by atoms with Crippen molar-refractivity contribution in [1.29, 1.82) is 0 Å². The van der Waals surface area contributed by atoms with Crippen molar-refractivity contribution >= 4 is 17.5 Å². The average Bonchev–Trinajstić information content (AvgIpc) is 2.80. The van der Waals surface area contributed by atoms with Gasteiger partial charge in [-0.3, -0.25) is 14.9 Å². The summed E-state index contributed by atoms with van der Waals surface area (Å²) < 4.78 is 5.97. The largest absolute Gasteiger partial charge is 0.377 e. The molecule has 5 nitrogen and oxygen atoms in total. The molecule has 1 heterocycles. The third kappa shape index (κ3) is 7.32. The number of likely N-dealkylation sites (tertiary alicyclic amines) is 1. The van der Waals surface area contributed by atoms with E-state index in [0.29, 0.717) is 18.1 Å². The van der Waals surface area contributed by atoms with Crippen LogP contribution in [0.15, 0.2) is 48.5 Å². The summed E-state index contributed by atoms with van der Waals surface area (Å²) >= 11 is 6.05. The molecule has 2 atom stereocenters. The minimum atomic E-state index is -0.443. The SMILES string of the molecule is CCOC(CC(=O)NO)C(Cc1ccc(Cl)cc1)c1ccc(CN2CCCCC2)cc1. The van der Waals surface area contributed by atoms with Gasteiger partial charge in [0.25, 0.3) is 0 Å². The van der Waals surface area contributed by atoms with Gasteiger partial charge in [0.2, 0.25) is 5.91 Å². The maximum atomic E-state index is 11.9. The molecule has 2 N–H and O–H groups in total. The summed E-state index contributed by atoms with van der Waals surface area (Å²) in [5.74, 6) is -0.469. The van der Waals surface area contributed by atoms with Crippen LogP contribution in [0, 0.1) is 0 Å². The first-order valence-electron chi connectivity index (χ1n) is 11.2. The summed E-state index contributed by atoms with van der Waals surface area (Å²) in [6, 6.07) is 16.5. The van der Waals surface area contributed by atoms with Crippen LogP contribution in [-0.2, 0) is 22.5 Å². The molecule has 1 aliphatic rings. The highest BCUT2D eigenvalue weighted by atomic mass is 35.5. The van der Waals surface area contributed by atoms with Gasteiger partial charge in [0.05, 0.1) is 12.5 Å². The zero-order chi connectivity index (χ0) is 22.1. The quantitative estimate of drug-likeness (QED) is 0.402. The molecule has 1 fully saturated rings. The molecule has 2 aromatic rings. The summed E-state index contributed by atoms with van der Waals surface area (Å²) in [5, 5.41) is 9.74. The summed E-state index contributed by atoms with van der Waals surface area (Å²) in [6.45, 7) is 5.73. The summed E-state index contributed by atoms with van der Waals surface area (Å²) in [6.07, 6.45) is 4.36. The Morgan fingerprint density at radius 3 is 2.32 bits per heavy atom. The normalized spacial score (nSPS) is 16.6. The molecule has 0 saturated carbocycles. The van der Waals surface area contributed by atoms with Crippen LogP contribution in [0.5, 0.6) is 0 Å². The fourth-order valence-electron chi connectivity index (χ4n) is 4.34. The van der Waals surface area contributed by atoms with Gasteiger partial charge in [-0.15, -0.1) is 0 Å². The second kappa shape index (κ2) is 12.2. The van der Waals surface area contributed by atoms with E-state index >= 15 is 0 Å². The van der Waals surface area contributed by atoms with Crippen LogP contribution in [0.2, 0.25) is 5.02 Å². The Bertz CT molecular complexity index is 805. The zero-order valence-electron chi connectivity index (χ0n) is 18.2. The highest BCUT2D eigenvalue weighted by Gasteiger charge is 2.27. The lowest BCUT2D eigenvalue weighted by molar-refractivity contribution is -0.132. The first kappa shape index (κ1) is 23.7. The van der Waals surface area contributed by atoms with Gasteiger partial charge in [-0.2, -0.15) is 0 Å². The maximum absolute atomic E-state index is 11.9. The number of carbonyl (C=O) groups excluding carboxylic acids is 1. The number of nitrogens with zero attached hydrogens (tertiary/aromatic N) is 1. The Labute approximate surface area is 190 Å². The van der Waals surface area contributed by atoms with E-state index < -0.39 is 5.91 Å². The number of piperidine rings is 1. The Morgan fingerprint density at radius 1 is 1.06 bits per heavy atom. The molecule has 31 heavy (non-hydrogen) atoms. The topological polar surface area (TPSA) is 61.8 Å². The zero-order valence-corrected chi connectivity index (χ0v) is 19.0. The van der Waals surface area contributed by atoms with Gasteiger partial charge in [0.15, 0.2) is 0 Å². The first-order chi connectivity index (χ1) is 15.1. The molecular weight excluding hydrogens is 412 g/mol. The van der Waals surface area contributed by atoms with E-state index in [1.807, 2.05) is 31.2 Å². The number of carbonyl (C=O) groups is 1. The Kier molecular flexibility index (Phi) is 9.34. The minimum Gasteiger partial charge on any atom is -0.377 e. The Balaban J connectivity index is 1.81. The Hall–Kier alpha value is -1.92. The number of benzene rings is 2. The maximum Gasteiger partial charge on any atom is 0.245 e. The number of amides is 1. The van der Waals surface area contributed by atoms with Gasteiger partial charge in [-0.25, -0.2) is 5.48 Å². The van der Waals surface area contributed by atoms with E-state index in [1.54, 1.807) is 5.48 Å². The summed E-state index contributed by atoms with van der Waals surface area (Å²) in [4.78, 5) is 14.5. The fraction of sp³-hybridized carbons (Fsp3) is 0.480. The van der Waals surface area contributed by atoms with Crippen LogP contribution < -0.4 is 5.48 Å². The standard InChI is InChI=1S/C25H33ClN2O3/c1-2-31-24(17-25(29)27-30)23(16-19-8-12-22(26)13-9-19)21-10-6-20(7-11-21)18-28-14-4-3-5-15-28/h6-13,23-24,30H,2-5,14-18H2,1H3,(H,27,29). The predicted octanol–water partition coefficient (Wildman–Crippen LogP) is 4.95. The Morgan fingerprint density at radius 2 is 1.71 bits per heavy atom. The predicted molar refractivity (Wildman–Crippen MR) is 123 cm³/mol. The number of hydrogen-bond acceptors (Lipinski definition) is 4. The van der Waals surface area contributed by atoms with Crippen molar-refractivity contribution in [1.82, 2.24) is 10.4 Å². The lowest BCUT2D eigenvalue weighted by Gasteiger charge is -2.28. The number of nitrogens with one attached hydrogen (secondary N) is 1. The summed E-state index contributed by atoms with van der Waals surface area (Å²) in [7, 11) is 0. The molecule has 1 saturated heterocycles. The van der Waals surface area contributed by atoms with Gasteiger partial charge in [-0.05, 0) is 68.1 Å². The molecule has 0 spiro atoms. The molecule has 1 amide bonds. The molecule has 0 aromatic heterocycles. The second-order valence-electron chi connectivity index (χ2n) is 8.25. The van der Waals surface area contributed by atoms with E-state index in [1.165, 1.54) is 37.9 Å². The molecule has 3 rings (SSSR count). The van der Waals surface area contributed by atoms with E-state index in [0.717, 1.165) is 17.7 Å². The van der Waals surface area contributed by atoms with Crippen molar-refractivity contribution in [2.24, 2.45) is 0 Å².